The first kappa shape index (κ1) is 21.3. The molecule has 8 nitrogen and oxygen atoms in total. The molecule has 3 heterocycles. The summed E-state index contributed by atoms with van der Waals surface area (Å²) >= 11 is 2.78. The number of furan rings is 1. The smallest absolute Gasteiger partial charge is 0.401 e. The van der Waals surface area contributed by atoms with E-state index in [0.29, 0.717) is 42.5 Å². The molecule has 0 fully saturated rings. The van der Waals surface area contributed by atoms with Crippen molar-refractivity contribution in [3.63, 3.8) is 0 Å². The number of thiophene rings is 1. The summed E-state index contributed by atoms with van der Waals surface area (Å²) in [5.41, 5.74) is 0.911. The Morgan fingerprint density at radius 1 is 1.41 bits per heavy atom. The van der Waals surface area contributed by atoms with Gasteiger partial charge in [0.2, 0.25) is 0 Å². The van der Waals surface area contributed by atoms with Crippen LogP contribution < -0.4 is 5.56 Å². The Hall–Kier alpha value is -2.43. The molecule has 0 N–H and O–H groups in total. The second-order valence-electron chi connectivity index (χ2n) is 6.22. The standard InChI is InChI=1S/C19H21N3O5S2/c1-4-26-10-5-9-21-18(23)16-12(2)13(3)29-17(16)20-19(21)28-11-8-14-6-7-15(27-14)22(24)25/h6-8,11H,4-5,9-10H2,1-3H3/b11-8+. The molecule has 0 bridgehead atoms. The summed E-state index contributed by atoms with van der Waals surface area (Å²) in [4.78, 5) is 29.7. The lowest BCUT2D eigenvalue weighted by atomic mass is 10.2. The van der Waals surface area contributed by atoms with E-state index < -0.39 is 4.92 Å². The number of nitro groups is 1. The SMILES string of the molecule is CCOCCCn1c(S/C=C/c2ccc([N+](=O)[O-])o2)nc2sc(C)c(C)c2c1=O. The van der Waals surface area contributed by atoms with Crippen LogP contribution in [0.15, 0.2) is 31.9 Å². The molecule has 29 heavy (non-hydrogen) atoms. The fraction of sp³-hybridized carbons (Fsp3) is 0.368. The molecular weight excluding hydrogens is 414 g/mol. The van der Waals surface area contributed by atoms with Crippen molar-refractivity contribution in [2.24, 2.45) is 0 Å². The van der Waals surface area contributed by atoms with Gasteiger partial charge in [0.1, 0.15) is 15.5 Å². The van der Waals surface area contributed by atoms with Gasteiger partial charge in [-0.3, -0.25) is 19.5 Å². The van der Waals surface area contributed by atoms with E-state index in [9.17, 15) is 14.9 Å². The Kier molecular flexibility index (Phi) is 6.88. The summed E-state index contributed by atoms with van der Waals surface area (Å²) in [5.74, 6) is 0.0462. The quantitative estimate of drug-likeness (QED) is 0.157. The largest absolute Gasteiger partial charge is 0.433 e. The van der Waals surface area contributed by atoms with E-state index >= 15 is 0 Å². The fourth-order valence-corrected chi connectivity index (χ4v) is 4.60. The van der Waals surface area contributed by atoms with Crippen LogP contribution in [-0.4, -0.2) is 27.7 Å². The van der Waals surface area contributed by atoms with Crippen LogP contribution in [0.1, 0.15) is 29.5 Å². The molecule has 0 radical (unpaired) electrons. The third kappa shape index (κ3) is 4.77. The third-order valence-electron chi connectivity index (χ3n) is 4.33. The van der Waals surface area contributed by atoms with Gasteiger partial charge in [0, 0.05) is 24.6 Å². The lowest BCUT2D eigenvalue weighted by molar-refractivity contribution is -0.402. The zero-order chi connectivity index (χ0) is 21.0. The lowest BCUT2D eigenvalue weighted by Gasteiger charge is -2.11. The molecule has 3 rings (SSSR count). The minimum absolute atomic E-state index is 0.0575. The van der Waals surface area contributed by atoms with Crippen molar-refractivity contribution in [2.45, 2.75) is 38.9 Å². The number of rotatable bonds is 9. The number of thioether (sulfide) groups is 1. The second kappa shape index (κ2) is 9.38. The normalized spacial score (nSPS) is 11.7. The van der Waals surface area contributed by atoms with Gasteiger partial charge in [0.25, 0.3) is 5.56 Å². The molecule has 3 aromatic rings. The average Bonchev–Trinajstić information content (AvgIpc) is 3.26. The van der Waals surface area contributed by atoms with Gasteiger partial charge < -0.3 is 9.15 Å². The Morgan fingerprint density at radius 3 is 2.90 bits per heavy atom. The van der Waals surface area contributed by atoms with Crippen molar-refractivity contribution in [2.75, 3.05) is 13.2 Å². The number of hydrogen-bond acceptors (Lipinski definition) is 8. The molecule has 0 saturated carbocycles. The first-order valence-electron chi connectivity index (χ1n) is 9.08. The Labute approximate surface area is 175 Å². The summed E-state index contributed by atoms with van der Waals surface area (Å²) in [6, 6.07) is 2.82. The van der Waals surface area contributed by atoms with E-state index in [0.717, 1.165) is 15.3 Å². The lowest BCUT2D eigenvalue weighted by Crippen LogP contribution is -2.23. The Bertz CT molecular complexity index is 1110. The van der Waals surface area contributed by atoms with Crippen molar-refractivity contribution in [1.82, 2.24) is 9.55 Å². The molecule has 0 saturated heterocycles. The van der Waals surface area contributed by atoms with Gasteiger partial charge in [0.15, 0.2) is 5.16 Å². The average molecular weight is 436 g/mol. The van der Waals surface area contributed by atoms with Crippen molar-refractivity contribution < 1.29 is 14.1 Å². The molecule has 0 atom stereocenters. The molecule has 0 unspecified atom stereocenters. The molecule has 154 valence electrons. The molecule has 0 aromatic carbocycles. The van der Waals surface area contributed by atoms with Gasteiger partial charge in [-0.25, -0.2) is 4.98 Å². The minimum atomic E-state index is -0.586. The highest BCUT2D eigenvalue weighted by Crippen LogP contribution is 2.29. The maximum atomic E-state index is 13.1. The van der Waals surface area contributed by atoms with Gasteiger partial charge >= 0.3 is 5.88 Å². The maximum absolute atomic E-state index is 13.1. The number of aromatic nitrogens is 2. The highest BCUT2D eigenvalue weighted by Gasteiger charge is 2.16. The highest BCUT2D eigenvalue weighted by atomic mass is 32.2. The zero-order valence-electron chi connectivity index (χ0n) is 16.3. The van der Waals surface area contributed by atoms with Gasteiger partial charge in [0.05, 0.1) is 11.5 Å². The van der Waals surface area contributed by atoms with E-state index in [-0.39, 0.29) is 11.4 Å². The molecule has 0 spiro atoms. The van der Waals surface area contributed by atoms with Crippen LogP contribution in [0.5, 0.6) is 0 Å². The van der Waals surface area contributed by atoms with Crippen LogP contribution in [0.2, 0.25) is 0 Å². The summed E-state index contributed by atoms with van der Waals surface area (Å²) in [6.07, 6.45) is 2.31. The van der Waals surface area contributed by atoms with Crippen molar-refractivity contribution in [3.8, 4) is 0 Å². The predicted molar refractivity (Wildman–Crippen MR) is 115 cm³/mol. The second-order valence-corrected chi connectivity index (χ2v) is 8.29. The summed E-state index contributed by atoms with van der Waals surface area (Å²) in [7, 11) is 0. The van der Waals surface area contributed by atoms with E-state index in [1.165, 1.54) is 35.2 Å². The Morgan fingerprint density at radius 2 is 2.21 bits per heavy atom. The molecule has 0 aliphatic rings. The van der Waals surface area contributed by atoms with Crippen LogP contribution in [0.3, 0.4) is 0 Å². The minimum Gasteiger partial charge on any atom is -0.401 e. The summed E-state index contributed by atoms with van der Waals surface area (Å²) in [5, 5.41) is 13.7. The zero-order valence-corrected chi connectivity index (χ0v) is 18.0. The summed E-state index contributed by atoms with van der Waals surface area (Å²) in [6.45, 7) is 7.56. The van der Waals surface area contributed by atoms with Crippen LogP contribution in [0, 0.1) is 24.0 Å². The topological polar surface area (TPSA) is 100 Å². The molecule has 3 aromatic heterocycles. The molecule has 0 aliphatic heterocycles. The maximum Gasteiger partial charge on any atom is 0.433 e. The first-order valence-corrected chi connectivity index (χ1v) is 10.8. The molecule has 10 heteroatoms. The third-order valence-corrected chi connectivity index (χ3v) is 6.22. The van der Waals surface area contributed by atoms with Crippen molar-refractivity contribution >= 4 is 45.3 Å². The van der Waals surface area contributed by atoms with Gasteiger partial charge in [-0.1, -0.05) is 11.8 Å². The number of aryl methyl sites for hydroxylation is 2. The summed E-state index contributed by atoms with van der Waals surface area (Å²) < 4.78 is 12.2. The monoisotopic (exact) mass is 435 g/mol. The highest BCUT2D eigenvalue weighted by molar-refractivity contribution is 8.02. The van der Waals surface area contributed by atoms with E-state index in [1.54, 1.807) is 16.1 Å². The first-order chi connectivity index (χ1) is 13.9. The fourth-order valence-electron chi connectivity index (χ4n) is 2.76. The number of nitrogens with zero attached hydrogens (tertiary/aromatic N) is 3. The Balaban J connectivity index is 1.90. The van der Waals surface area contributed by atoms with Gasteiger partial charge in [-0.05, 0) is 50.3 Å². The van der Waals surface area contributed by atoms with E-state index in [1.807, 2.05) is 20.8 Å². The number of fused-ring (bicyclic) bond motifs is 1. The van der Waals surface area contributed by atoms with Crippen molar-refractivity contribution in [1.29, 1.82) is 0 Å². The van der Waals surface area contributed by atoms with Crippen LogP contribution in [0.25, 0.3) is 16.3 Å². The predicted octanol–water partition coefficient (Wildman–Crippen LogP) is 4.77. The molecule has 0 aliphatic carbocycles. The van der Waals surface area contributed by atoms with E-state index in [4.69, 9.17) is 14.1 Å². The number of hydrogen-bond donors (Lipinski definition) is 0. The molecular formula is C19H21N3O5S2. The molecule has 0 amide bonds. The number of ether oxygens (including phenoxy) is 1. The van der Waals surface area contributed by atoms with E-state index in [2.05, 4.69) is 0 Å². The van der Waals surface area contributed by atoms with Crippen LogP contribution in [-0.2, 0) is 11.3 Å². The van der Waals surface area contributed by atoms with Crippen LogP contribution >= 0.6 is 23.1 Å². The van der Waals surface area contributed by atoms with Crippen LogP contribution in [0.4, 0.5) is 5.88 Å². The van der Waals surface area contributed by atoms with Gasteiger partial charge in [-0.2, -0.15) is 0 Å². The van der Waals surface area contributed by atoms with Crippen molar-refractivity contribution in [3.05, 3.63) is 54.2 Å². The van der Waals surface area contributed by atoms with Gasteiger partial charge in [-0.15, -0.1) is 11.3 Å².